The van der Waals surface area contributed by atoms with Crippen molar-refractivity contribution < 1.29 is 13.9 Å². The van der Waals surface area contributed by atoms with Crippen molar-refractivity contribution >= 4 is 11.5 Å². The van der Waals surface area contributed by atoms with E-state index >= 15 is 0 Å². The summed E-state index contributed by atoms with van der Waals surface area (Å²) in [5.74, 6) is 0.821. The molecule has 6 heteroatoms. The second-order valence-corrected chi connectivity index (χ2v) is 10.6. The van der Waals surface area contributed by atoms with Gasteiger partial charge in [-0.15, -0.1) is 0 Å². The zero-order valence-corrected chi connectivity index (χ0v) is 21.4. The van der Waals surface area contributed by atoms with E-state index in [1.165, 1.54) is 6.07 Å². The Morgan fingerprint density at radius 1 is 1.11 bits per heavy atom. The van der Waals surface area contributed by atoms with Gasteiger partial charge in [-0.05, 0) is 74.4 Å². The summed E-state index contributed by atoms with van der Waals surface area (Å²) >= 11 is 0. The van der Waals surface area contributed by atoms with E-state index in [9.17, 15) is 9.18 Å². The molecule has 2 aromatic carbocycles. The number of hydrogen-bond donors (Lipinski definition) is 0. The summed E-state index contributed by atoms with van der Waals surface area (Å²) in [6.07, 6.45) is 6.58. The highest BCUT2D eigenvalue weighted by atomic mass is 19.1. The summed E-state index contributed by atoms with van der Waals surface area (Å²) in [6, 6.07) is 15.8. The van der Waals surface area contributed by atoms with E-state index in [1.807, 2.05) is 37.3 Å². The first-order valence-electron chi connectivity index (χ1n) is 13.2. The number of aliphatic imine (C=N–C) groups is 1. The van der Waals surface area contributed by atoms with Gasteiger partial charge in [0.05, 0.1) is 19.4 Å². The number of carbonyl (C=O) groups is 1. The number of piperidine rings is 1. The number of pyridine rings is 1. The van der Waals surface area contributed by atoms with Crippen LogP contribution in [0.15, 0.2) is 59.7 Å². The SMILES string of the molecule is COc1cccc(F)c1CN1C2CCC(CC(=O)c3ccc4c(c3)C(c3ccnc(C)c3)=NC4)C1CC2. The molecule has 0 N–H and O–H groups in total. The monoisotopic (exact) mass is 497 g/mol. The summed E-state index contributed by atoms with van der Waals surface area (Å²) in [5.41, 5.74) is 6.50. The minimum absolute atomic E-state index is 0.179. The molecule has 6 rings (SSSR count). The second-order valence-electron chi connectivity index (χ2n) is 10.6. The van der Waals surface area contributed by atoms with Gasteiger partial charge in [0.2, 0.25) is 0 Å². The molecule has 3 unspecified atom stereocenters. The van der Waals surface area contributed by atoms with Crippen molar-refractivity contribution in [2.24, 2.45) is 10.9 Å². The van der Waals surface area contributed by atoms with Crippen LogP contribution in [0.5, 0.6) is 5.75 Å². The van der Waals surface area contributed by atoms with Crippen LogP contribution >= 0.6 is 0 Å². The molecule has 2 bridgehead atoms. The molecule has 0 radical (unpaired) electrons. The van der Waals surface area contributed by atoms with E-state index in [1.54, 1.807) is 19.4 Å². The highest BCUT2D eigenvalue weighted by molar-refractivity contribution is 6.16. The molecule has 2 saturated heterocycles. The second kappa shape index (κ2) is 9.82. The van der Waals surface area contributed by atoms with Crippen LogP contribution in [0.1, 0.15) is 70.4 Å². The summed E-state index contributed by atoms with van der Waals surface area (Å²) in [7, 11) is 1.59. The van der Waals surface area contributed by atoms with Gasteiger partial charge in [0, 0.05) is 59.2 Å². The number of methoxy groups -OCH3 is 1. The van der Waals surface area contributed by atoms with Crippen molar-refractivity contribution in [1.29, 1.82) is 0 Å². The molecule has 3 atom stereocenters. The Balaban J connectivity index is 1.20. The van der Waals surface area contributed by atoms with Gasteiger partial charge in [-0.1, -0.05) is 18.2 Å². The smallest absolute Gasteiger partial charge is 0.163 e. The molecule has 1 aromatic heterocycles. The Bertz CT molecular complexity index is 1380. The average molecular weight is 498 g/mol. The Hall–Kier alpha value is -3.38. The van der Waals surface area contributed by atoms with Crippen LogP contribution in [0.2, 0.25) is 0 Å². The number of rotatable bonds is 7. The van der Waals surface area contributed by atoms with Gasteiger partial charge in [-0.2, -0.15) is 0 Å². The molecular formula is C31H32FN3O2. The quantitative estimate of drug-likeness (QED) is 0.381. The van der Waals surface area contributed by atoms with Gasteiger partial charge < -0.3 is 4.74 Å². The minimum Gasteiger partial charge on any atom is -0.496 e. The molecular weight excluding hydrogens is 465 g/mol. The molecule has 0 spiro atoms. The van der Waals surface area contributed by atoms with E-state index in [-0.39, 0.29) is 17.5 Å². The number of fused-ring (bicyclic) bond motifs is 3. The maximum Gasteiger partial charge on any atom is 0.163 e. The number of aromatic nitrogens is 1. The highest BCUT2D eigenvalue weighted by Crippen LogP contribution is 2.43. The molecule has 0 aliphatic carbocycles. The van der Waals surface area contributed by atoms with Gasteiger partial charge in [0.1, 0.15) is 11.6 Å². The molecule has 0 saturated carbocycles. The van der Waals surface area contributed by atoms with Crippen LogP contribution in [0.25, 0.3) is 0 Å². The Morgan fingerprint density at radius 3 is 2.81 bits per heavy atom. The van der Waals surface area contributed by atoms with E-state index in [2.05, 4.69) is 16.0 Å². The number of hydrogen-bond acceptors (Lipinski definition) is 5. The molecule has 190 valence electrons. The molecule has 2 fully saturated rings. The van der Waals surface area contributed by atoms with Gasteiger partial charge in [0.15, 0.2) is 5.78 Å². The molecule has 3 aliphatic rings. The fourth-order valence-corrected chi connectivity index (χ4v) is 6.58. The van der Waals surface area contributed by atoms with Crippen molar-refractivity contribution in [2.45, 2.75) is 64.2 Å². The topological polar surface area (TPSA) is 54.8 Å². The Morgan fingerprint density at radius 2 is 1.97 bits per heavy atom. The van der Waals surface area contributed by atoms with Crippen LogP contribution < -0.4 is 4.74 Å². The third-order valence-corrected chi connectivity index (χ3v) is 8.45. The Kier molecular flexibility index (Phi) is 6.37. The third-order valence-electron chi connectivity index (χ3n) is 8.45. The van der Waals surface area contributed by atoms with Gasteiger partial charge in [-0.3, -0.25) is 19.7 Å². The fourth-order valence-electron chi connectivity index (χ4n) is 6.58. The summed E-state index contributed by atoms with van der Waals surface area (Å²) in [6.45, 7) is 3.14. The summed E-state index contributed by atoms with van der Waals surface area (Å²) in [4.78, 5) is 25.1. The number of Topliss-reactive ketones (excluding diaryl/α,β-unsaturated/α-hetero) is 1. The number of benzene rings is 2. The third kappa shape index (κ3) is 4.48. The number of aryl methyl sites for hydroxylation is 1. The first-order chi connectivity index (χ1) is 18.0. The van der Waals surface area contributed by atoms with Crippen LogP contribution in [0.3, 0.4) is 0 Å². The fraction of sp³-hybridized carbons (Fsp3) is 0.387. The zero-order chi connectivity index (χ0) is 25.5. The molecule has 37 heavy (non-hydrogen) atoms. The maximum atomic E-state index is 14.7. The standard InChI is InChI=1S/C31H32FN3O2/c1-19-14-22(12-13-33-19)31-25-15-21(6-7-23(25)17-34-31)29(36)16-20-8-9-24-10-11-28(20)35(24)18-26-27(32)4-3-5-30(26)37-2/h3-7,12-15,20,24,28H,8-11,16-18H2,1-2H3. The van der Waals surface area contributed by atoms with Crippen LogP contribution in [-0.2, 0) is 13.1 Å². The maximum absolute atomic E-state index is 14.7. The largest absolute Gasteiger partial charge is 0.496 e. The van der Waals surface area contributed by atoms with Crippen LogP contribution in [0.4, 0.5) is 4.39 Å². The number of nitrogens with zero attached hydrogens (tertiary/aromatic N) is 3. The lowest BCUT2D eigenvalue weighted by Crippen LogP contribution is -2.45. The summed E-state index contributed by atoms with van der Waals surface area (Å²) < 4.78 is 20.2. The normalized spacial score (nSPS) is 22.6. The lowest BCUT2D eigenvalue weighted by atomic mass is 9.84. The number of ether oxygens (including phenoxy) is 1. The van der Waals surface area contributed by atoms with Crippen molar-refractivity contribution in [1.82, 2.24) is 9.88 Å². The summed E-state index contributed by atoms with van der Waals surface area (Å²) in [5, 5.41) is 0. The molecule has 3 aromatic rings. The van der Waals surface area contributed by atoms with E-state index in [0.29, 0.717) is 42.9 Å². The van der Waals surface area contributed by atoms with Crippen molar-refractivity contribution in [3.05, 3.63) is 94.1 Å². The first-order valence-corrected chi connectivity index (χ1v) is 13.2. The number of halogens is 1. The lowest BCUT2D eigenvalue weighted by molar-refractivity contribution is 0.0679. The van der Waals surface area contributed by atoms with Crippen LogP contribution in [0, 0.1) is 18.7 Å². The number of carbonyl (C=O) groups excluding carboxylic acids is 1. The molecule has 5 nitrogen and oxygen atoms in total. The van der Waals surface area contributed by atoms with Gasteiger partial charge in [0.25, 0.3) is 0 Å². The van der Waals surface area contributed by atoms with E-state index in [4.69, 9.17) is 9.73 Å². The van der Waals surface area contributed by atoms with E-state index < -0.39 is 0 Å². The van der Waals surface area contributed by atoms with Crippen LogP contribution in [-0.4, -0.2) is 40.6 Å². The van der Waals surface area contributed by atoms with Crippen molar-refractivity contribution in [3.63, 3.8) is 0 Å². The predicted octanol–water partition coefficient (Wildman–Crippen LogP) is 5.90. The van der Waals surface area contributed by atoms with Crippen molar-refractivity contribution in [3.8, 4) is 5.75 Å². The Labute approximate surface area is 217 Å². The van der Waals surface area contributed by atoms with Gasteiger partial charge >= 0.3 is 0 Å². The van der Waals surface area contributed by atoms with Crippen molar-refractivity contribution in [2.75, 3.05) is 7.11 Å². The zero-order valence-electron chi connectivity index (χ0n) is 21.4. The highest BCUT2D eigenvalue weighted by Gasteiger charge is 2.43. The lowest BCUT2D eigenvalue weighted by Gasteiger charge is -2.40. The van der Waals surface area contributed by atoms with Gasteiger partial charge in [-0.25, -0.2) is 4.39 Å². The molecule has 3 aliphatic heterocycles. The minimum atomic E-state index is -0.225. The molecule has 0 amide bonds. The number of ketones is 1. The average Bonchev–Trinajstić information content (AvgIpc) is 3.45. The van der Waals surface area contributed by atoms with E-state index in [0.717, 1.165) is 59.3 Å². The molecule has 4 heterocycles. The first kappa shape index (κ1) is 24.0. The predicted molar refractivity (Wildman–Crippen MR) is 142 cm³/mol.